The first-order chi connectivity index (χ1) is 12.0. The third-order valence-corrected chi connectivity index (χ3v) is 7.41. The number of hydrogen-bond acceptors (Lipinski definition) is 3. The summed E-state index contributed by atoms with van der Waals surface area (Å²) in [5.41, 5.74) is 1.98. The number of hydrogen-bond donors (Lipinski definition) is 1. The lowest BCUT2D eigenvalue weighted by molar-refractivity contribution is 0.595. The molecule has 0 fully saturated rings. The summed E-state index contributed by atoms with van der Waals surface area (Å²) >= 11 is -1.16. The van der Waals surface area contributed by atoms with E-state index in [9.17, 15) is 13.0 Å². The smallest absolute Gasteiger partial charge is 0.224 e. The van der Waals surface area contributed by atoms with Gasteiger partial charge in [-0.2, -0.15) is 4.55 Å². The second-order valence-electron chi connectivity index (χ2n) is 5.80. The van der Waals surface area contributed by atoms with E-state index < -0.39 is 21.2 Å². The highest BCUT2D eigenvalue weighted by Gasteiger charge is 2.43. The van der Waals surface area contributed by atoms with E-state index in [1.165, 1.54) is 4.31 Å². The number of anilines is 2. The van der Waals surface area contributed by atoms with E-state index in [0.717, 1.165) is 5.56 Å². The van der Waals surface area contributed by atoms with Crippen molar-refractivity contribution in [1.82, 2.24) is 0 Å². The number of para-hydroxylation sites is 2. The highest BCUT2D eigenvalue weighted by atomic mass is 32.2. The highest BCUT2D eigenvalue weighted by Crippen LogP contribution is 2.46. The van der Waals surface area contributed by atoms with Crippen molar-refractivity contribution in [2.45, 2.75) is 21.6 Å². The number of aryl methyl sites for hydroxylation is 1. The molecule has 1 heterocycles. The van der Waals surface area contributed by atoms with Gasteiger partial charge in [-0.05, 0) is 43.3 Å². The number of sulfonamides is 1. The summed E-state index contributed by atoms with van der Waals surface area (Å²) in [6, 6.07) is 21.0. The maximum absolute atomic E-state index is 13.4. The standard InChI is InChI=1S/C19H16NO3S2/c1-14-10-12-15(13-11-14)25(22,23)20-16-6-2-4-8-18(16)24(21)19-9-5-3-7-17(19)20/h2-13,21H,1H3/q+1. The molecule has 0 aromatic heterocycles. The van der Waals surface area contributed by atoms with E-state index >= 15 is 0 Å². The van der Waals surface area contributed by atoms with Crippen molar-refractivity contribution in [3.63, 3.8) is 0 Å². The zero-order valence-corrected chi connectivity index (χ0v) is 15.1. The average molecular weight is 370 g/mol. The van der Waals surface area contributed by atoms with Gasteiger partial charge in [-0.3, -0.25) is 0 Å². The second-order valence-corrected chi connectivity index (χ2v) is 9.04. The summed E-state index contributed by atoms with van der Waals surface area (Å²) in [6.07, 6.45) is 0. The van der Waals surface area contributed by atoms with Gasteiger partial charge in [-0.25, -0.2) is 12.7 Å². The summed E-state index contributed by atoms with van der Waals surface area (Å²) in [4.78, 5) is 1.44. The van der Waals surface area contributed by atoms with Crippen LogP contribution in [0.15, 0.2) is 87.5 Å². The van der Waals surface area contributed by atoms with E-state index in [1.54, 1.807) is 72.8 Å². The normalized spacial score (nSPS) is 14.1. The van der Waals surface area contributed by atoms with E-state index in [-0.39, 0.29) is 4.90 Å². The molecule has 3 aromatic carbocycles. The summed E-state index contributed by atoms with van der Waals surface area (Å²) < 4.78 is 38.8. The SMILES string of the molecule is Cc1ccc(S(=O)(=O)N2c3ccccc3[S+](O)c3ccccc32)cc1. The van der Waals surface area contributed by atoms with Crippen LogP contribution in [0, 0.1) is 6.92 Å². The largest absolute Gasteiger partial charge is 0.269 e. The van der Waals surface area contributed by atoms with Crippen LogP contribution in [0.25, 0.3) is 0 Å². The lowest BCUT2D eigenvalue weighted by Crippen LogP contribution is -2.31. The minimum atomic E-state index is -3.80. The van der Waals surface area contributed by atoms with Crippen molar-refractivity contribution in [2.75, 3.05) is 4.31 Å². The number of benzene rings is 3. The van der Waals surface area contributed by atoms with Gasteiger partial charge in [-0.1, -0.05) is 42.0 Å². The summed E-state index contributed by atoms with van der Waals surface area (Å²) in [5.74, 6) is 0. The molecule has 0 saturated heterocycles. The summed E-state index contributed by atoms with van der Waals surface area (Å²) in [7, 11) is -3.80. The molecular formula is C19H16NO3S2+. The van der Waals surface area contributed by atoms with E-state index in [4.69, 9.17) is 0 Å². The van der Waals surface area contributed by atoms with Crippen molar-refractivity contribution in [2.24, 2.45) is 0 Å². The quantitative estimate of drug-likeness (QED) is 0.683. The van der Waals surface area contributed by atoms with E-state index in [0.29, 0.717) is 21.2 Å². The molecule has 0 saturated carbocycles. The van der Waals surface area contributed by atoms with Crippen LogP contribution in [-0.4, -0.2) is 13.0 Å². The van der Waals surface area contributed by atoms with Crippen LogP contribution in [-0.2, 0) is 21.2 Å². The lowest BCUT2D eigenvalue weighted by Gasteiger charge is -2.28. The van der Waals surface area contributed by atoms with Crippen LogP contribution < -0.4 is 4.31 Å². The van der Waals surface area contributed by atoms with Crippen LogP contribution in [0.4, 0.5) is 11.4 Å². The first-order valence-electron chi connectivity index (χ1n) is 7.73. The first kappa shape index (κ1) is 16.2. The zero-order valence-electron chi connectivity index (χ0n) is 13.5. The predicted molar refractivity (Wildman–Crippen MR) is 99.9 cm³/mol. The molecule has 1 N–H and O–H groups in total. The van der Waals surface area contributed by atoms with Gasteiger partial charge in [0.05, 0.1) is 4.90 Å². The Bertz CT molecular complexity index is 999. The molecule has 4 rings (SSSR count). The fourth-order valence-electron chi connectivity index (χ4n) is 2.90. The van der Waals surface area contributed by atoms with Crippen molar-refractivity contribution in [3.8, 4) is 0 Å². The molecule has 6 heteroatoms. The molecule has 0 radical (unpaired) electrons. The Kier molecular flexibility index (Phi) is 3.83. The fourth-order valence-corrected chi connectivity index (χ4v) is 5.91. The molecule has 126 valence electrons. The Balaban J connectivity index is 1.99. The molecule has 25 heavy (non-hydrogen) atoms. The monoisotopic (exact) mass is 370 g/mol. The van der Waals surface area contributed by atoms with Gasteiger partial charge in [-0.15, -0.1) is 0 Å². The third-order valence-electron chi connectivity index (χ3n) is 4.14. The van der Waals surface area contributed by atoms with Crippen LogP contribution in [0.3, 0.4) is 0 Å². The van der Waals surface area contributed by atoms with Crippen molar-refractivity contribution in [3.05, 3.63) is 78.4 Å². The summed E-state index contributed by atoms with van der Waals surface area (Å²) in [6.45, 7) is 1.92. The Morgan fingerprint density at radius 2 is 1.28 bits per heavy atom. The van der Waals surface area contributed by atoms with Gasteiger partial charge in [0.25, 0.3) is 10.0 Å². The average Bonchev–Trinajstić information content (AvgIpc) is 2.62. The Morgan fingerprint density at radius 1 is 0.800 bits per heavy atom. The van der Waals surface area contributed by atoms with Crippen LogP contribution in [0.5, 0.6) is 0 Å². The van der Waals surface area contributed by atoms with Crippen LogP contribution in [0.2, 0.25) is 0 Å². The number of rotatable bonds is 2. The molecule has 4 nitrogen and oxygen atoms in total. The molecule has 1 aliphatic rings. The third kappa shape index (κ3) is 2.54. The van der Waals surface area contributed by atoms with Gasteiger partial charge in [0.2, 0.25) is 21.0 Å². The van der Waals surface area contributed by atoms with Gasteiger partial charge in [0.1, 0.15) is 11.4 Å². The van der Waals surface area contributed by atoms with Crippen molar-refractivity contribution in [1.29, 1.82) is 0 Å². The number of nitrogens with zero attached hydrogens (tertiary/aromatic N) is 1. The molecule has 0 spiro atoms. The molecule has 0 bridgehead atoms. The van der Waals surface area contributed by atoms with Crippen LogP contribution >= 0.6 is 0 Å². The molecule has 0 unspecified atom stereocenters. The van der Waals surface area contributed by atoms with Gasteiger partial charge >= 0.3 is 0 Å². The summed E-state index contributed by atoms with van der Waals surface area (Å²) in [5, 5.41) is 0. The zero-order chi connectivity index (χ0) is 17.6. The van der Waals surface area contributed by atoms with Gasteiger partial charge in [0.15, 0.2) is 0 Å². The van der Waals surface area contributed by atoms with Crippen LogP contribution in [0.1, 0.15) is 5.56 Å². The molecular weight excluding hydrogens is 354 g/mol. The molecule has 3 aromatic rings. The maximum Gasteiger partial charge on any atom is 0.269 e. The molecule has 0 amide bonds. The van der Waals surface area contributed by atoms with E-state index in [2.05, 4.69) is 0 Å². The predicted octanol–water partition coefficient (Wildman–Crippen LogP) is 4.34. The van der Waals surface area contributed by atoms with E-state index in [1.807, 2.05) is 6.92 Å². The number of fused-ring (bicyclic) bond motifs is 2. The van der Waals surface area contributed by atoms with Crippen molar-refractivity contribution >= 4 is 32.6 Å². The molecule has 0 atom stereocenters. The minimum absolute atomic E-state index is 0.224. The minimum Gasteiger partial charge on any atom is -0.224 e. The van der Waals surface area contributed by atoms with Gasteiger partial charge in [0, 0.05) is 0 Å². The maximum atomic E-state index is 13.4. The fraction of sp³-hybridized carbons (Fsp3) is 0.0526. The topological polar surface area (TPSA) is 57.6 Å². The Morgan fingerprint density at radius 3 is 1.80 bits per heavy atom. The van der Waals surface area contributed by atoms with Gasteiger partial charge < -0.3 is 0 Å². The Labute approximate surface area is 150 Å². The van der Waals surface area contributed by atoms with Crippen molar-refractivity contribution < 1.29 is 13.0 Å². The molecule has 1 aliphatic heterocycles. The Hall–Kier alpha value is -2.28. The lowest BCUT2D eigenvalue weighted by atomic mass is 10.2. The first-order valence-corrected chi connectivity index (χ1v) is 10.4. The highest BCUT2D eigenvalue weighted by molar-refractivity contribution is 7.94. The molecule has 0 aliphatic carbocycles. The second kappa shape index (κ2) is 5.91.